The Bertz CT molecular complexity index is 1010. The topological polar surface area (TPSA) is 116 Å². The van der Waals surface area contributed by atoms with Crippen LogP contribution >= 0.6 is 23.4 Å². The van der Waals surface area contributed by atoms with Crippen LogP contribution in [0.25, 0.3) is 11.6 Å². The molecule has 0 unspecified atom stereocenters. The number of nitrogens with zero attached hydrogens (tertiary/aromatic N) is 4. The molecule has 2 aromatic heterocycles. The molecule has 3 rings (SSSR count). The van der Waals surface area contributed by atoms with Crippen LogP contribution in [-0.4, -0.2) is 57.4 Å². The zero-order chi connectivity index (χ0) is 22.2. The second-order valence-corrected chi connectivity index (χ2v) is 7.94. The average molecular weight is 464 g/mol. The molecule has 0 aliphatic rings. The quantitative estimate of drug-likeness (QED) is 0.434. The highest BCUT2D eigenvalue weighted by Crippen LogP contribution is 2.25. The standard InChI is InChI=1S/C20H22ClN5O4S/c1-25(10-12-29-15-6-4-14(21)5-7-15)18(28)13-31-20-24-23-19(16-3-2-11-30-16)26(20)9-8-17(22)27/h2-7,11H,8-10,12-13H2,1H3,(H2,22,27). The van der Waals surface area contributed by atoms with E-state index < -0.39 is 5.91 Å². The molecule has 0 spiro atoms. The van der Waals surface area contributed by atoms with Crippen molar-refractivity contribution in [2.75, 3.05) is 26.0 Å². The molecular formula is C20H22ClN5O4S. The summed E-state index contributed by atoms with van der Waals surface area (Å²) in [5.41, 5.74) is 5.28. The first-order chi connectivity index (χ1) is 14.9. The monoisotopic (exact) mass is 463 g/mol. The van der Waals surface area contributed by atoms with Gasteiger partial charge >= 0.3 is 0 Å². The van der Waals surface area contributed by atoms with Crippen molar-refractivity contribution in [1.29, 1.82) is 0 Å². The number of carbonyl (C=O) groups excluding carboxylic acids is 2. The fraction of sp³-hybridized carbons (Fsp3) is 0.300. The summed E-state index contributed by atoms with van der Waals surface area (Å²) >= 11 is 7.08. The molecular weight excluding hydrogens is 442 g/mol. The molecule has 9 nitrogen and oxygen atoms in total. The third-order valence-electron chi connectivity index (χ3n) is 4.30. The van der Waals surface area contributed by atoms with Crippen LogP contribution in [0.2, 0.25) is 5.02 Å². The predicted octanol–water partition coefficient (Wildman–Crippen LogP) is 2.70. The van der Waals surface area contributed by atoms with Crippen LogP contribution in [0.4, 0.5) is 0 Å². The molecule has 0 radical (unpaired) electrons. The lowest BCUT2D eigenvalue weighted by Crippen LogP contribution is -2.32. The number of amides is 2. The van der Waals surface area contributed by atoms with Gasteiger partial charge in [-0.25, -0.2) is 0 Å². The van der Waals surface area contributed by atoms with E-state index in [1.54, 1.807) is 52.9 Å². The summed E-state index contributed by atoms with van der Waals surface area (Å²) in [5, 5.41) is 9.43. The average Bonchev–Trinajstić information content (AvgIpc) is 3.41. The van der Waals surface area contributed by atoms with Crippen molar-refractivity contribution < 1.29 is 18.7 Å². The van der Waals surface area contributed by atoms with Gasteiger partial charge in [-0.15, -0.1) is 10.2 Å². The number of primary amides is 1. The maximum atomic E-state index is 12.5. The molecule has 0 aliphatic heterocycles. The van der Waals surface area contributed by atoms with Gasteiger partial charge in [0.05, 0.1) is 18.6 Å². The fourth-order valence-electron chi connectivity index (χ4n) is 2.60. The molecule has 0 saturated carbocycles. The molecule has 0 bridgehead atoms. The Hall–Kier alpha value is -2.98. The van der Waals surface area contributed by atoms with E-state index in [4.69, 9.17) is 26.5 Å². The molecule has 31 heavy (non-hydrogen) atoms. The Labute approximate surface area is 188 Å². The zero-order valence-corrected chi connectivity index (χ0v) is 18.4. The second-order valence-electron chi connectivity index (χ2n) is 6.56. The van der Waals surface area contributed by atoms with Gasteiger partial charge in [-0.05, 0) is 36.4 Å². The molecule has 3 aromatic rings. The summed E-state index contributed by atoms with van der Waals surface area (Å²) in [5.74, 6) is 1.31. The van der Waals surface area contributed by atoms with Crippen LogP contribution < -0.4 is 10.5 Å². The number of hydrogen-bond acceptors (Lipinski definition) is 7. The Morgan fingerprint density at radius 2 is 2.03 bits per heavy atom. The van der Waals surface area contributed by atoms with Crippen LogP contribution in [0.5, 0.6) is 5.75 Å². The van der Waals surface area contributed by atoms with Gasteiger partial charge in [0.2, 0.25) is 11.8 Å². The number of ether oxygens (including phenoxy) is 1. The van der Waals surface area contributed by atoms with Gasteiger partial charge in [0.15, 0.2) is 16.7 Å². The lowest BCUT2D eigenvalue weighted by atomic mass is 10.3. The lowest BCUT2D eigenvalue weighted by Gasteiger charge is -2.17. The minimum atomic E-state index is -0.438. The highest BCUT2D eigenvalue weighted by Gasteiger charge is 2.19. The summed E-state index contributed by atoms with van der Waals surface area (Å²) in [6.07, 6.45) is 1.65. The van der Waals surface area contributed by atoms with E-state index in [-0.39, 0.29) is 18.1 Å². The van der Waals surface area contributed by atoms with E-state index in [2.05, 4.69) is 10.2 Å². The minimum Gasteiger partial charge on any atom is -0.492 e. The van der Waals surface area contributed by atoms with Crippen molar-refractivity contribution in [2.45, 2.75) is 18.1 Å². The number of rotatable bonds is 11. The van der Waals surface area contributed by atoms with Gasteiger partial charge in [0.25, 0.3) is 0 Å². The molecule has 164 valence electrons. The van der Waals surface area contributed by atoms with Crippen LogP contribution in [0, 0.1) is 0 Å². The number of carbonyl (C=O) groups is 2. The predicted molar refractivity (Wildman–Crippen MR) is 117 cm³/mol. The van der Waals surface area contributed by atoms with Crippen LogP contribution in [-0.2, 0) is 16.1 Å². The van der Waals surface area contributed by atoms with E-state index in [0.717, 1.165) is 0 Å². The second kappa shape index (κ2) is 10.9. The molecule has 0 atom stereocenters. The smallest absolute Gasteiger partial charge is 0.232 e. The normalized spacial score (nSPS) is 10.8. The van der Waals surface area contributed by atoms with E-state index in [0.29, 0.717) is 47.2 Å². The SMILES string of the molecule is CN(CCOc1ccc(Cl)cc1)C(=O)CSc1nnc(-c2ccco2)n1CCC(N)=O. The van der Waals surface area contributed by atoms with Crippen LogP contribution in [0.15, 0.2) is 52.2 Å². The molecule has 0 saturated heterocycles. The number of thioether (sulfide) groups is 1. The Kier molecular flexibility index (Phi) is 7.96. The van der Waals surface area contributed by atoms with E-state index in [1.165, 1.54) is 18.0 Å². The van der Waals surface area contributed by atoms with Crippen molar-refractivity contribution in [1.82, 2.24) is 19.7 Å². The molecule has 2 N–H and O–H groups in total. The summed E-state index contributed by atoms with van der Waals surface area (Å²) < 4.78 is 12.7. The van der Waals surface area contributed by atoms with Crippen molar-refractivity contribution in [3.8, 4) is 17.3 Å². The number of benzene rings is 1. The Morgan fingerprint density at radius 3 is 2.71 bits per heavy atom. The lowest BCUT2D eigenvalue weighted by molar-refractivity contribution is -0.127. The molecule has 2 heterocycles. The van der Waals surface area contributed by atoms with Gasteiger partial charge in [0.1, 0.15) is 12.4 Å². The molecule has 1 aromatic carbocycles. The highest BCUT2D eigenvalue weighted by molar-refractivity contribution is 7.99. The third kappa shape index (κ3) is 6.50. The summed E-state index contributed by atoms with van der Waals surface area (Å²) in [6.45, 7) is 1.07. The summed E-state index contributed by atoms with van der Waals surface area (Å²) in [6, 6.07) is 10.5. The molecule has 0 aliphatic carbocycles. The van der Waals surface area contributed by atoms with Crippen molar-refractivity contribution in [3.63, 3.8) is 0 Å². The number of likely N-dealkylation sites (N-methyl/N-ethyl adjacent to an activating group) is 1. The third-order valence-corrected chi connectivity index (χ3v) is 5.50. The number of nitrogens with two attached hydrogens (primary N) is 1. The Morgan fingerprint density at radius 1 is 1.26 bits per heavy atom. The van der Waals surface area contributed by atoms with Gasteiger partial charge in [-0.1, -0.05) is 23.4 Å². The zero-order valence-electron chi connectivity index (χ0n) is 16.9. The van der Waals surface area contributed by atoms with Gasteiger partial charge in [-0.3, -0.25) is 14.2 Å². The molecule has 2 amide bonds. The van der Waals surface area contributed by atoms with Crippen LogP contribution in [0.3, 0.4) is 0 Å². The van der Waals surface area contributed by atoms with Crippen molar-refractivity contribution in [3.05, 3.63) is 47.7 Å². The number of aromatic nitrogens is 3. The van der Waals surface area contributed by atoms with Crippen molar-refractivity contribution in [2.24, 2.45) is 5.73 Å². The summed E-state index contributed by atoms with van der Waals surface area (Å²) in [7, 11) is 1.71. The number of furan rings is 1. The number of halogens is 1. The largest absolute Gasteiger partial charge is 0.492 e. The maximum Gasteiger partial charge on any atom is 0.232 e. The summed E-state index contributed by atoms with van der Waals surface area (Å²) in [4.78, 5) is 25.3. The van der Waals surface area contributed by atoms with E-state index in [1.807, 2.05) is 0 Å². The van der Waals surface area contributed by atoms with Gasteiger partial charge < -0.3 is 19.8 Å². The first-order valence-electron chi connectivity index (χ1n) is 9.44. The van der Waals surface area contributed by atoms with E-state index >= 15 is 0 Å². The Balaban J connectivity index is 1.54. The molecule has 11 heteroatoms. The minimum absolute atomic E-state index is 0.0892. The fourth-order valence-corrected chi connectivity index (χ4v) is 3.63. The van der Waals surface area contributed by atoms with Crippen molar-refractivity contribution >= 4 is 35.2 Å². The van der Waals surface area contributed by atoms with Gasteiger partial charge in [-0.2, -0.15) is 0 Å². The van der Waals surface area contributed by atoms with Gasteiger partial charge in [0, 0.05) is 25.0 Å². The van der Waals surface area contributed by atoms with E-state index in [9.17, 15) is 9.59 Å². The molecule has 0 fully saturated rings. The first-order valence-corrected chi connectivity index (χ1v) is 10.8. The maximum absolute atomic E-state index is 12.5. The number of hydrogen-bond donors (Lipinski definition) is 1. The first kappa shape index (κ1) is 22.7. The van der Waals surface area contributed by atoms with Crippen LogP contribution in [0.1, 0.15) is 6.42 Å². The highest BCUT2D eigenvalue weighted by atomic mass is 35.5.